The van der Waals surface area contributed by atoms with Gasteiger partial charge in [0.15, 0.2) is 0 Å². The topological polar surface area (TPSA) is 74.1 Å². The van der Waals surface area contributed by atoms with Gasteiger partial charge in [0.25, 0.3) is 0 Å². The van der Waals surface area contributed by atoms with Crippen molar-refractivity contribution in [3.8, 4) is 11.6 Å². The molecule has 2 aromatic heterocycles. The number of nitrogens with zero attached hydrogens (tertiary/aromatic N) is 4. The van der Waals surface area contributed by atoms with Crippen molar-refractivity contribution < 1.29 is 9.47 Å². The van der Waals surface area contributed by atoms with E-state index in [-0.39, 0.29) is 6.04 Å². The van der Waals surface area contributed by atoms with Crippen LogP contribution in [-0.4, -0.2) is 34.0 Å². The van der Waals surface area contributed by atoms with Gasteiger partial charge in [-0.15, -0.1) is 0 Å². The summed E-state index contributed by atoms with van der Waals surface area (Å²) < 4.78 is 12.9. The molecule has 2 heterocycles. The highest BCUT2D eigenvalue weighted by Gasteiger charge is 2.16. The Hall–Kier alpha value is -3.35. The molecule has 28 heavy (non-hydrogen) atoms. The highest BCUT2D eigenvalue weighted by molar-refractivity contribution is 5.93. The Balaban J connectivity index is 1.76. The number of ether oxygens (including phenoxy) is 2. The maximum Gasteiger partial charge on any atom is 0.228 e. The summed E-state index contributed by atoms with van der Waals surface area (Å²) in [5, 5.41) is 10.0. The van der Waals surface area contributed by atoms with Crippen molar-refractivity contribution in [2.24, 2.45) is 7.05 Å². The lowest BCUT2D eigenvalue weighted by Gasteiger charge is -2.18. The number of aromatic nitrogens is 4. The van der Waals surface area contributed by atoms with Crippen molar-refractivity contribution in [3.63, 3.8) is 0 Å². The van der Waals surface area contributed by atoms with Crippen molar-refractivity contribution in [2.45, 2.75) is 19.9 Å². The smallest absolute Gasteiger partial charge is 0.228 e. The van der Waals surface area contributed by atoms with E-state index in [4.69, 9.17) is 9.47 Å². The van der Waals surface area contributed by atoms with Gasteiger partial charge < -0.3 is 14.8 Å². The van der Waals surface area contributed by atoms with Crippen LogP contribution in [0.5, 0.6) is 11.6 Å². The largest absolute Gasteiger partial charge is 0.496 e. The first kappa shape index (κ1) is 18.0. The Morgan fingerprint density at radius 1 is 1.11 bits per heavy atom. The minimum atomic E-state index is 0.0468. The molecule has 0 amide bonds. The van der Waals surface area contributed by atoms with Crippen molar-refractivity contribution in [3.05, 3.63) is 47.9 Å². The molecule has 2 aromatic carbocycles. The lowest BCUT2D eigenvalue weighted by molar-refractivity contribution is 0.392. The molecule has 0 radical (unpaired) electrons. The fourth-order valence-electron chi connectivity index (χ4n) is 3.56. The van der Waals surface area contributed by atoms with Crippen molar-refractivity contribution in [2.75, 3.05) is 19.5 Å². The van der Waals surface area contributed by atoms with E-state index in [0.717, 1.165) is 33.1 Å². The molecular weight excluding hydrogens is 354 g/mol. The molecule has 0 fully saturated rings. The molecule has 0 aliphatic heterocycles. The summed E-state index contributed by atoms with van der Waals surface area (Å²) in [6, 6.07) is 10.2. The van der Waals surface area contributed by atoms with Gasteiger partial charge in [0, 0.05) is 35.9 Å². The van der Waals surface area contributed by atoms with E-state index < -0.39 is 0 Å². The van der Waals surface area contributed by atoms with E-state index in [9.17, 15) is 0 Å². The molecule has 0 aliphatic carbocycles. The van der Waals surface area contributed by atoms with Crippen LogP contribution in [-0.2, 0) is 7.05 Å². The number of rotatable bonds is 5. The Bertz CT molecular complexity index is 1170. The Labute approximate surface area is 163 Å². The van der Waals surface area contributed by atoms with Crippen molar-refractivity contribution in [1.82, 2.24) is 19.7 Å². The van der Waals surface area contributed by atoms with Crippen LogP contribution in [0.25, 0.3) is 21.8 Å². The maximum absolute atomic E-state index is 5.60. The lowest BCUT2D eigenvalue weighted by Crippen LogP contribution is -2.08. The van der Waals surface area contributed by atoms with Crippen LogP contribution in [0.15, 0.2) is 36.5 Å². The van der Waals surface area contributed by atoms with E-state index in [1.807, 2.05) is 37.0 Å². The lowest BCUT2D eigenvalue weighted by atomic mass is 10.0. The molecule has 1 unspecified atom stereocenters. The standard InChI is InChI=1S/C21H23N5O2/c1-12(16-8-6-7-14-11-26(3)25-20(14)16)22-15-9-17-19(18(10-15)27-4)21(28-5)24-13(2)23-17/h6-12,22H,1-5H3. The van der Waals surface area contributed by atoms with Crippen LogP contribution in [0.4, 0.5) is 5.69 Å². The number of aryl methyl sites for hydroxylation is 2. The average Bonchev–Trinajstić information content (AvgIpc) is 3.06. The summed E-state index contributed by atoms with van der Waals surface area (Å²) in [5.41, 5.74) is 3.81. The third kappa shape index (κ3) is 3.09. The number of fused-ring (bicyclic) bond motifs is 2. The molecule has 4 aromatic rings. The zero-order chi connectivity index (χ0) is 19.8. The second-order valence-electron chi connectivity index (χ2n) is 6.81. The molecule has 1 atom stereocenters. The molecule has 0 spiro atoms. The highest BCUT2D eigenvalue weighted by Crippen LogP contribution is 2.36. The number of hydrogen-bond donors (Lipinski definition) is 1. The molecule has 7 nitrogen and oxygen atoms in total. The Morgan fingerprint density at radius 3 is 2.68 bits per heavy atom. The fourth-order valence-corrected chi connectivity index (χ4v) is 3.56. The van der Waals surface area contributed by atoms with Gasteiger partial charge in [-0.3, -0.25) is 4.68 Å². The first-order chi connectivity index (χ1) is 13.5. The van der Waals surface area contributed by atoms with Gasteiger partial charge in [0.1, 0.15) is 17.0 Å². The summed E-state index contributed by atoms with van der Waals surface area (Å²) in [6.45, 7) is 3.96. The van der Waals surface area contributed by atoms with Crippen molar-refractivity contribution in [1.29, 1.82) is 0 Å². The predicted molar refractivity (Wildman–Crippen MR) is 110 cm³/mol. The minimum Gasteiger partial charge on any atom is -0.496 e. The second-order valence-corrected chi connectivity index (χ2v) is 6.81. The molecule has 1 N–H and O–H groups in total. The molecular formula is C21H23N5O2. The van der Waals surface area contributed by atoms with E-state index in [0.29, 0.717) is 17.5 Å². The second kappa shape index (κ2) is 6.99. The van der Waals surface area contributed by atoms with Crippen LogP contribution >= 0.6 is 0 Å². The molecule has 144 valence electrons. The van der Waals surface area contributed by atoms with Gasteiger partial charge in [-0.2, -0.15) is 10.1 Å². The third-order valence-electron chi connectivity index (χ3n) is 4.79. The summed E-state index contributed by atoms with van der Waals surface area (Å²) in [5.74, 6) is 1.83. The van der Waals surface area contributed by atoms with Crippen LogP contribution < -0.4 is 14.8 Å². The number of nitrogens with one attached hydrogen (secondary N) is 1. The first-order valence-electron chi connectivity index (χ1n) is 9.09. The average molecular weight is 377 g/mol. The minimum absolute atomic E-state index is 0.0468. The van der Waals surface area contributed by atoms with E-state index in [1.54, 1.807) is 14.2 Å². The zero-order valence-corrected chi connectivity index (χ0v) is 16.6. The SMILES string of the molecule is COc1cc(NC(C)c2cccc3cn(C)nc23)cc2nc(C)nc(OC)c12. The summed E-state index contributed by atoms with van der Waals surface area (Å²) in [7, 11) is 5.17. The van der Waals surface area contributed by atoms with Crippen LogP contribution in [0.2, 0.25) is 0 Å². The first-order valence-corrected chi connectivity index (χ1v) is 9.09. The van der Waals surface area contributed by atoms with Crippen LogP contribution in [0.3, 0.4) is 0 Å². The summed E-state index contributed by atoms with van der Waals surface area (Å²) >= 11 is 0. The quantitative estimate of drug-likeness (QED) is 0.566. The number of methoxy groups -OCH3 is 2. The predicted octanol–water partition coefficient (Wildman–Crippen LogP) is 4.02. The number of anilines is 1. The molecule has 7 heteroatoms. The summed E-state index contributed by atoms with van der Waals surface area (Å²) in [6.07, 6.45) is 2.02. The molecule has 0 saturated heterocycles. The normalized spacial score (nSPS) is 12.3. The van der Waals surface area contributed by atoms with Gasteiger partial charge in [-0.25, -0.2) is 4.98 Å². The van der Waals surface area contributed by atoms with Crippen LogP contribution in [0, 0.1) is 6.92 Å². The van der Waals surface area contributed by atoms with Gasteiger partial charge in [-0.1, -0.05) is 18.2 Å². The number of hydrogen-bond acceptors (Lipinski definition) is 6. The van der Waals surface area contributed by atoms with E-state index >= 15 is 0 Å². The third-order valence-corrected chi connectivity index (χ3v) is 4.79. The molecule has 0 aliphatic rings. The zero-order valence-electron chi connectivity index (χ0n) is 16.6. The molecule has 4 rings (SSSR count). The number of benzene rings is 2. The summed E-state index contributed by atoms with van der Waals surface area (Å²) in [4.78, 5) is 8.92. The van der Waals surface area contributed by atoms with Gasteiger partial charge in [0.05, 0.1) is 31.3 Å². The highest BCUT2D eigenvalue weighted by atomic mass is 16.5. The van der Waals surface area contributed by atoms with E-state index in [1.165, 1.54) is 0 Å². The van der Waals surface area contributed by atoms with Crippen molar-refractivity contribution >= 4 is 27.5 Å². The Morgan fingerprint density at radius 2 is 1.93 bits per heavy atom. The van der Waals surface area contributed by atoms with Gasteiger partial charge in [-0.05, 0) is 19.9 Å². The monoisotopic (exact) mass is 377 g/mol. The van der Waals surface area contributed by atoms with Gasteiger partial charge in [0.2, 0.25) is 5.88 Å². The fraction of sp³-hybridized carbons (Fsp3) is 0.286. The Kier molecular flexibility index (Phi) is 4.50. The molecule has 0 bridgehead atoms. The maximum atomic E-state index is 5.60. The molecule has 0 saturated carbocycles. The van der Waals surface area contributed by atoms with E-state index in [2.05, 4.69) is 45.5 Å². The van der Waals surface area contributed by atoms with Crippen LogP contribution in [0.1, 0.15) is 24.4 Å². The van der Waals surface area contributed by atoms with Gasteiger partial charge >= 0.3 is 0 Å².